The summed E-state index contributed by atoms with van der Waals surface area (Å²) in [4.78, 5) is 28.1. The average Bonchev–Trinajstić information content (AvgIpc) is 3.16. The van der Waals surface area contributed by atoms with Gasteiger partial charge in [-0.1, -0.05) is 19.3 Å². The maximum atomic E-state index is 13.2. The third kappa shape index (κ3) is 1.87. The number of carbonyl (C=O) groups excluding carboxylic acids is 2. The first-order valence-electron chi connectivity index (χ1n) is 8.71. The van der Waals surface area contributed by atoms with Gasteiger partial charge in [0.2, 0.25) is 11.8 Å². The van der Waals surface area contributed by atoms with Crippen molar-refractivity contribution in [2.45, 2.75) is 75.8 Å². The molecule has 0 bridgehead atoms. The van der Waals surface area contributed by atoms with Gasteiger partial charge in [-0.3, -0.25) is 9.59 Å². The molecule has 1 aliphatic heterocycles. The maximum Gasteiger partial charge on any atom is 0.249 e. The molecule has 3 saturated carbocycles. The van der Waals surface area contributed by atoms with Gasteiger partial charge in [0.15, 0.2) is 0 Å². The number of nitrogens with one attached hydrogen (secondary N) is 1. The van der Waals surface area contributed by atoms with Crippen molar-refractivity contribution in [1.29, 1.82) is 0 Å². The monoisotopic (exact) mass is 290 g/mol. The van der Waals surface area contributed by atoms with Gasteiger partial charge in [-0.05, 0) is 57.3 Å². The second kappa shape index (κ2) is 4.47. The normalized spacial score (nSPS) is 36.0. The fourth-order valence-electron chi connectivity index (χ4n) is 4.56. The molecule has 1 unspecified atom stereocenters. The molecule has 4 aliphatic rings. The number of hydrogen-bond donors (Lipinski definition) is 1. The summed E-state index contributed by atoms with van der Waals surface area (Å²) in [6.07, 6.45) is 9.69. The molecule has 4 nitrogen and oxygen atoms in total. The third-order valence-corrected chi connectivity index (χ3v) is 6.52. The summed E-state index contributed by atoms with van der Waals surface area (Å²) in [7, 11) is 0. The van der Waals surface area contributed by atoms with Gasteiger partial charge in [0.25, 0.3) is 0 Å². The van der Waals surface area contributed by atoms with Crippen molar-refractivity contribution in [3.05, 3.63) is 0 Å². The van der Waals surface area contributed by atoms with Crippen LogP contribution in [0.5, 0.6) is 0 Å². The molecule has 1 heterocycles. The molecule has 4 rings (SSSR count). The molecule has 0 radical (unpaired) electrons. The van der Waals surface area contributed by atoms with Crippen LogP contribution in [0.1, 0.15) is 64.7 Å². The molecule has 1 spiro atoms. The van der Waals surface area contributed by atoms with Crippen LogP contribution in [-0.4, -0.2) is 34.3 Å². The third-order valence-electron chi connectivity index (χ3n) is 6.52. The Morgan fingerprint density at radius 2 is 1.76 bits per heavy atom. The van der Waals surface area contributed by atoms with Crippen LogP contribution in [0.3, 0.4) is 0 Å². The molecule has 0 aromatic rings. The molecule has 116 valence electrons. The quantitative estimate of drug-likeness (QED) is 0.866. The molecule has 2 amide bonds. The predicted molar refractivity (Wildman–Crippen MR) is 79.5 cm³/mol. The molecular formula is C17H26N2O2. The topological polar surface area (TPSA) is 49.4 Å². The van der Waals surface area contributed by atoms with Gasteiger partial charge in [-0.25, -0.2) is 0 Å². The Morgan fingerprint density at radius 3 is 2.29 bits per heavy atom. The van der Waals surface area contributed by atoms with Gasteiger partial charge in [-0.2, -0.15) is 0 Å². The first-order valence-corrected chi connectivity index (χ1v) is 8.71. The zero-order valence-corrected chi connectivity index (χ0v) is 13.0. The number of nitrogens with zero attached hydrogens (tertiary/aromatic N) is 1. The summed E-state index contributed by atoms with van der Waals surface area (Å²) in [5.74, 6) is 1.34. The highest BCUT2D eigenvalue weighted by Gasteiger charge is 2.62. The highest BCUT2D eigenvalue weighted by Crippen LogP contribution is 2.48. The summed E-state index contributed by atoms with van der Waals surface area (Å²) in [6.45, 7) is 2.82. The SMILES string of the molecule is CC1(C2CC2)C(=O)NC2(CCCC2)C(=O)N1CC1CCC1. The highest BCUT2D eigenvalue weighted by molar-refractivity contribution is 6.02. The van der Waals surface area contributed by atoms with Crippen LogP contribution in [0.15, 0.2) is 0 Å². The van der Waals surface area contributed by atoms with Gasteiger partial charge in [0.1, 0.15) is 11.1 Å². The van der Waals surface area contributed by atoms with Gasteiger partial charge < -0.3 is 10.2 Å². The minimum absolute atomic E-state index is 0.117. The van der Waals surface area contributed by atoms with E-state index in [1.807, 2.05) is 11.8 Å². The van der Waals surface area contributed by atoms with Crippen molar-refractivity contribution in [2.24, 2.45) is 11.8 Å². The van der Waals surface area contributed by atoms with Crippen molar-refractivity contribution < 1.29 is 9.59 Å². The lowest BCUT2D eigenvalue weighted by Crippen LogP contribution is -2.75. The number of amides is 2. The fraction of sp³-hybridized carbons (Fsp3) is 0.882. The van der Waals surface area contributed by atoms with E-state index in [1.54, 1.807) is 0 Å². The maximum absolute atomic E-state index is 13.2. The van der Waals surface area contributed by atoms with Gasteiger partial charge in [0, 0.05) is 6.54 Å². The molecule has 1 saturated heterocycles. The van der Waals surface area contributed by atoms with Crippen LogP contribution in [0, 0.1) is 11.8 Å². The van der Waals surface area contributed by atoms with Crippen molar-refractivity contribution in [1.82, 2.24) is 10.2 Å². The first-order chi connectivity index (χ1) is 10.1. The van der Waals surface area contributed by atoms with Gasteiger partial charge >= 0.3 is 0 Å². The summed E-state index contributed by atoms with van der Waals surface area (Å²) in [5.41, 5.74) is -1.14. The Balaban J connectivity index is 1.67. The molecule has 4 heteroatoms. The Kier molecular flexibility index (Phi) is 2.89. The zero-order valence-electron chi connectivity index (χ0n) is 13.0. The van der Waals surface area contributed by atoms with E-state index < -0.39 is 11.1 Å². The van der Waals surface area contributed by atoms with E-state index in [2.05, 4.69) is 5.32 Å². The molecule has 21 heavy (non-hydrogen) atoms. The van der Waals surface area contributed by atoms with E-state index in [4.69, 9.17) is 0 Å². The molecule has 0 aromatic heterocycles. The Morgan fingerprint density at radius 1 is 1.10 bits per heavy atom. The minimum atomic E-state index is -0.583. The van der Waals surface area contributed by atoms with Crippen LogP contribution < -0.4 is 5.32 Å². The van der Waals surface area contributed by atoms with Crippen LogP contribution in [0.25, 0.3) is 0 Å². The standard InChI is InChI=1S/C17H26N2O2/c1-16(13-7-8-13)14(20)18-17(9-2-3-10-17)15(21)19(16)11-12-5-4-6-12/h12-13H,2-11H2,1H3,(H,18,20). The molecule has 1 N–H and O–H groups in total. The van der Waals surface area contributed by atoms with E-state index in [9.17, 15) is 9.59 Å². The fourth-order valence-corrected chi connectivity index (χ4v) is 4.56. The van der Waals surface area contributed by atoms with Crippen molar-refractivity contribution in [2.75, 3.05) is 6.54 Å². The van der Waals surface area contributed by atoms with Crippen molar-refractivity contribution in [3.8, 4) is 0 Å². The molecule has 0 aromatic carbocycles. The molecule has 3 aliphatic carbocycles. The number of piperazine rings is 1. The summed E-state index contributed by atoms with van der Waals surface area (Å²) in [5, 5.41) is 3.16. The highest BCUT2D eigenvalue weighted by atomic mass is 16.2. The molecule has 4 fully saturated rings. The van der Waals surface area contributed by atoms with E-state index >= 15 is 0 Å². The van der Waals surface area contributed by atoms with Gasteiger partial charge in [-0.15, -0.1) is 0 Å². The van der Waals surface area contributed by atoms with Gasteiger partial charge in [0.05, 0.1) is 0 Å². The first kappa shape index (κ1) is 13.6. The number of hydrogen-bond acceptors (Lipinski definition) is 2. The Bertz CT molecular complexity index is 475. The lowest BCUT2D eigenvalue weighted by molar-refractivity contribution is -0.165. The average molecular weight is 290 g/mol. The lowest BCUT2D eigenvalue weighted by atomic mass is 9.78. The van der Waals surface area contributed by atoms with E-state index in [0.29, 0.717) is 11.8 Å². The predicted octanol–water partition coefficient (Wildman–Crippen LogP) is 2.23. The molecular weight excluding hydrogens is 264 g/mol. The minimum Gasteiger partial charge on any atom is -0.340 e. The summed E-state index contributed by atoms with van der Waals surface area (Å²) >= 11 is 0. The second-order valence-corrected chi connectivity index (χ2v) is 7.88. The molecule has 1 atom stereocenters. The van der Waals surface area contributed by atoms with Crippen molar-refractivity contribution >= 4 is 11.8 Å². The van der Waals surface area contributed by atoms with E-state index in [0.717, 1.165) is 45.1 Å². The summed E-state index contributed by atoms with van der Waals surface area (Å²) in [6, 6.07) is 0. The largest absolute Gasteiger partial charge is 0.340 e. The number of carbonyl (C=O) groups is 2. The van der Waals surface area contributed by atoms with Crippen LogP contribution in [0.2, 0.25) is 0 Å². The number of rotatable bonds is 3. The van der Waals surface area contributed by atoms with Crippen LogP contribution in [0.4, 0.5) is 0 Å². The van der Waals surface area contributed by atoms with Crippen LogP contribution in [-0.2, 0) is 9.59 Å². The van der Waals surface area contributed by atoms with Crippen molar-refractivity contribution in [3.63, 3.8) is 0 Å². The Labute approximate surface area is 126 Å². The summed E-state index contributed by atoms with van der Waals surface area (Å²) < 4.78 is 0. The Hall–Kier alpha value is -1.06. The lowest BCUT2D eigenvalue weighted by Gasteiger charge is -2.52. The van der Waals surface area contributed by atoms with Crippen LogP contribution >= 0.6 is 0 Å². The smallest absolute Gasteiger partial charge is 0.249 e. The van der Waals surface area contributed by atoms with E-state index in [-0.39, 0.29) is 11.8 Å². The van der Waals surface area contributed by atoms with E-state index in [1.165, 1.54) is 19.3 Å². The second-order valence-electron chi connectivity index (χ2n) is 7.88. The zero-order chi connectivity index (χ0) is 14.7.